The van der Waals surface area contributed by atoms with E-state index in [1.165, 1.54) is 71.2 Å². The Morgan fingerprint density at radius 1 is 1.06 bits per heavy atom. The molecule has 98 valence electrons. The highest BCUT2D eigenvalue weighted by Crippen LogP contribution is 2.41. The predicted molar refractivity (Wildman–Crippen MR) is 71.0 cm³/mol. The minimum atomic E-state index is 0.500. The van der Waals surface area contributed by atoms with Crippen molar-refractivity contribution in [3.63, 3.8) is 0 Å². The molecule has 17 heavy (non-hydrogen) atoms. The lowest BCUT2D eigenvalue weighted by atomic mass is 9.68. The Hall–Kier alpha value is -0.120. The van der Waals surface area contributed by atoms with Crippen LogP contribution in [-0.4, -0.2) is 55.1 Å². The van der Waals surface area contributed by atoms with E-state index < -0.39 is 0 Å². The fourth-order valence-electron chi connectivity index (χ4n) is 3.94. The summed E-state index contributed by atoms with van der Waals surface area (Å²) in [5, 5.41) is 0. The largest absolute Gasteiger partial charge is 0.330 e. The van der Waals surface area contributed by atoms with E-state index in [-0.39, 0.29) is 0 Å². The molecule has 0 spiro atoms. The highest BCUT2D eigenvalue weighted by molar-refractivity contribution is 4.94. The van der Waals surface area contributed by atoms with Crippen molar-refractivity contribution in [2.45, 2.75) is 44.6 Å². The van der Waals surface area contributed by atoms with Crippen molar-refractivity contribution in [1.29, 1.82) is 0 Å². The van der Waals surface area contributed by atoms with Gasteiger partial charge in [0.05, 0.1) is 0 Å². The molecule has 0 bridgehead atoms. The summed E-state index contributed by atoms with van der Waals surface area (Å²) < 4.78 is 0. The van der Waals surface area contributed by atoms with Crippen molar-refractivity contribution in [2.75, 3.05) is 39.3 Å². The summed E-state index contributed by atoms with van der Waals surface area (Å²) >= 11 is 0. The standard InChI is InChI=1S/C14H27N3/c15-11-14(5-3-6-14)12-16-9-4-13(10-16)17-7-1-2-8-17/h13H,1-12,15H2. The van der Waals surface area contributed by atoms with Crippen molar-refractivity contribution in [2.24, 2.45) is 11.1 Å². The number of hydrogen-bond acceptors (Lipinski definition) is 3. The maximum Gasteiger partial charge on any atom is 0.0235 e. The monoisotopic (exact) mass is 237 g/mol. The highest BCUT2D eigenvalue weighted by atomic mass is 15.3. The molecule has 1 unspecified atom stereocenters. The summed E-state index contributed by atoms with van der Waals surface area (Å²) in [6.45, 7) is 7.48. The SMILES string of the molecule is NCC1(CN2CCC(N3CCCC3)C2)CCC1. The Kier molecular flexibility index (Phi) is 3.42. The van der Waals surface area contributed by atoms with Crippen LogP contribution in [0.25, 0.3) is 0 Å². The molecule has 1 atom stereocenters. The first-order valence-electron chi connectivity index (χ1n) is 7.48. The minimum Gasteiger partial charge on any atom is -0.330 e. The van der Waals surface area contributed by atoms with E-state index in [9.17, 15) is 0 Å². The maximum absolute atomic E-state index is 5.97. The summed E-state index contributed by atoms with van der Waals surface area (Å²) in [6, 6.07) is 0.854. The van der Waals surface area contributed by atoms with Crippen molar-refractivity contribution in [1.82, 2.24) is 9.80 Å². The van der Waals surface area contributed by atoms with Gasteiger partial charge in [-0.2, -0.15) is 0 Å². The van der Waals surface area contributed by atoms with Crippen LogP contribution < -0.4 is 5.73 Å². The Bertz CT molecular complexity index is 251. The molecule has 0 aromatic heterocycles. The second kappa shape index (κ2) is 4.87. The molecule has 3 aliphatic rings. The lowest BCUT2D eigenvalue weighted by molar-refractivity contribution is 0.0826. The number of hydrogen-bond donors (Lipinski definition) is 1. The van der Waals surface area contributed by atoms with Gasteiger partial charge in [0, 0.05) is 19.1 Å². The Labute approximate surface area is 105 Å². The van der Waals surface area contributed by atoms with Gasteiger partial charge in [0.15, 0.2) is 0 Å². The zero-order valence-corrected chi connectivity index (χ0v) is 11.0. The van der Waals surface area contributed by atoms with Crippen LogP contribution >= 0.6 is 0 Å². The van der Waals surface area contributed by atoms with Crippen LogP contribution in [0.1, 0.15) is 38.5 Å². The van der Waals surface area contributed by atoms with Gasteiger partial charge in [0.1, 0.15) is 0 Å². The van der Waals surface area contributed by atoms with Crippen LogP contribution in [0.2, 0.25) is 0 Å². The van der Waals surface area contributed by atoms with Crippen molar-refractivity contribution < 1.29 is 0 Å². The average molecular weight is 237 g/mol. The first kappa shape index (κ1) is 11.9. The zero-order chi connectivity index (χ0) is 11.7. The second-order valence-electron chi connectivity index (χ2n) is 6.48. The molecule has 3 fully saturated rings. The number of nitrogens with zero attached hydrogens (tertiary/aromatic N) is 2. The molecule has 1 aliphatic carbocycles. The first-order chi connectivity index (χ1) is 8.31. The Morgan fingerprint density at radius 3 is 2.41 bits per heavy atom. The van der Waals surface area contributed by atoms with Gasteiger partial charge in [-0.05, 0) is 63.7 Å². The third-order valence-corrected chi connectivity index (χ3v) is 5.31. The topological polar surface area (TPSA) is 32.5 Å². The van der Waals surface area contributed by atoms with Gasteiger partial charge in [0.2, 0.25) is 0 Å². The van der Waals surface area contributed by atoms with Crippen molar-refractivity contribution in [3.8, 4) is 0 Å². The molecule has 0 radical (unpaired) electrons. The van der Waals surface area contributed by atoms with E-state index in [0.29, 0.717) is 5.41 Å². The van der Waals surface area contributed by atoms with Gasteiger partial charge in [0.25, 0.3) is 0 Å². The summed E-state index contributed by atoms with van der Waals surface area (Å²) in [7, 11) is 0. The van der Waals surface area contributed by atoms with Crippen LogP contribution in [0.4, 0.5) is 0 Å². The van der Waals surface area contributed by atoms with Gasteiger partial charge in [-0.25, -0.2) is 0 Å². The summed E-state index contributed by atoms with van der Waals surface area (Å²) in [6.07, 6.45) is 8.37. The minimum absolute atomic E-state index is 0.500. The highest BCUT2D eigenvalue weighted by Gasteiger charge is 2.39. The average Bonchev–Trinajstić information content (AvgIpc) is 2.94. The molecular formula is C14H27N3. The van der Waals surface area contributed by atoms with Gasteiger partial charge >= 0.3 is 0 Å². The van der Waals surface area contributed by atoms with Crippen molar-refractivity contribution >= 4 is 0 Å². The molecule has 3 heteroatoms. The molecule has 0 amide bonds. The van der Waals surface area contributed by atoms with E-state index in [0.717, 1.165) is 12.6 Å². The summed E-state index contributed by atoms with van der Waals surface area (Å²) in [5.41, 5.74) is 6.47. The number of nitrogens with two attached hydrogens (primary N) is 1. The molecule has 0 aromatic rings. The quantitative estimate of drug-likeness (QED) is 0.799. The van der Waals surface area contributed by atoms with Crippen LogP contribution in [0.15, 0.2) is 0 Å². The molecule has 2 saturated heterocycles. The molecule has 2 heterocycles. The fraction of sp³-hybridized carbons (Fsp3) is 1.00. The van der Waals surface area contributed by atoms with E-state index >= 15 is 0 Å². The normalized spacial score (nSPS) is 34.1. The third-order valence-electron chi connectivity index (χ3n) is 5.31. The molecule has 3 rings (SSSR count). The zero-order valence-electron chi connectivity index (χ0n) is 11.0. The molecule has 2 aliphatic heterocycles. The van der Waals surface area contributed by atoms with Crippen LogP contribution in [-0.2, 0) is 0 Å². The molecule has 2 N–H and O–H groups in total. The smallest absolute Gasteiger partial charge is 0.0235 e. The fourth-order valence-corrected chi connectivity index (χ4v) is 3.94. The van der Waals surface area contributed by atoms with Gasteiger partial charge < -0.3 is 10.6 Å². The summed E-state index contributed by atoms with van der Waals surface area (Å²) in [4.78, 5) is 5.41. The molecule has 3 nitrogen and oxygen atoms in total. The van der Waals surface area contributed by atoms with Crippen LogP contribution in [0.3, 0.4) is 0 Å². The lowest BCUT2D eigenvalue weighted by Crippen LogP contribution is -2.47. The number of rotatable bonds is 4. The van der Waals surface area contributed by atoms with E-state index in [1.54, 1.807) is 0 Å². The first-order valence-corrected chi connectivity index (χ1v) is 7.48. The second-order valence-corrected chi connectivity index (χ2v) is 6.48. The van der Waals surface area contributed by atoms with Crippen molar-refractivity contribution in [3.05, 3.63) is 0 Å². The maximum atomic E-state index is 5.97. The molecular weight excluding hydrogens is 210 g/mol. The van der Waals surface area contributed by atoms with Gasteiger partial charge in [-0.15, -0.1) is 0 Å². The van der Waals surface area contributed by atoms with E-state index in [1.807, 2.05) is 0 Å². The summed E-state index contributed by atoms with van der Waals surface area (Å²) in [5.74, 6) is 0. The molecule has 0 aromatic carbocycles. The van der Waals surface area contributed by atoms with Crippen LogP contribution in [0.5, 0.6) is 0 Å². The Morgan fingerprint density at radius 2 is 1.82 bits per heavy atom. The van der Waals surface area contributed by atoms with E-state index in [4.69, 9.17) is 5.73 Å². The van der Waals surface area contributed by atoms with Crippen LogP contribution in [0, 0.1) is 5.41 Å². The number of likely N-dealkylation sites (tertiary alicyclic amines) is 2. The van der Waals surface area contributed by atoms with E-state index in [2.05, 4.69) is 9.80 Å². The van der Waals surface area contributed by atoms with Gasteiger partial charge in [-0.3, -0.25) is 4.90 Å². The third kappa shape index (κ3) is 2.38. The van der Waals surface area contributed by atoms with Gasteiger partial charge in [-0.1, -0.05) is 6.42 Å². The molecule has 1 saturated carbocycles. The Balaban J connectivity index is 1.50. The lowest BCUT2D eigenvalue weighted by Gasteiger charge is -2.43. The predicted octanol–water partition coefficient (Wildman–Crippen LogP) is 1.29.